The molecule has 0 aliphatic heterocycles. The van der Waals surface area contributed by atoms with E-state index < -0.39 is 23.2 Å². The number of carbonyl (C=O) groups is 2. The van der Waals surface area contributed by atoms with E-state index >= 15 is 0 Å². The van der Waals surface area contributed by atoms with E-state index in [4.69, 9.17) is 9.47 Å². The number of nitrogens with one attached hydrogen (secondary N) is 1. The molecule has 0 saturated heterocycles. The first-order valence-electron chi connectivity index (χ1n) is 14.2. The summed E-state index contributed by atoms with van der Waals surface area (Å²) in [4.78, 5) is 25.0. The molecule has 8 heteroatoms. The lowest BCUT2D eigenvalue weighted by Gasteiger charge is -2.33. The molecule has 0 bridgehead atoms. The molecule has 0 fully saturated rings. The fourth-order valence-corrected chi connectivity index (χ4v) is 4.46. The van der Waals surface area contributed by atoms with Crippen molar-refractivity contribution in [2.45, 2.75) is 51.0 Å². The molecule has 0 aliphatic rings. The van der Waals surface area contributed by atoms with Gasteiger partial charge in [0.2, 0.25) is 0 Å². The normalized spacial score (nSPS) is 12.0. The average molecular weight is 568 g/mol. The van der Waals surface area contributed by atoms with Crippen molar-refractivity contribution >= 4 is 11.9 Å². The van der Waals surface area contributed by atoms with Crippen LogP contribution in [0, 0.1) is 11.6 Å². The topological polar surface area (TPSA) is 64.6 Å². The van der Waals surface area contributed by atoms with Crippen LogP contribution in [0.2, 0.25) is 0 Å². The number of carbonyl (C=O) groups excluding carboxylic acids is 2. The van der Waals surface area contributed by atoms with Crippen LogP contribution in [0.3, 0.4) is 0 Å². The van der Waals surface area contributed by atoms with Gasteiger partial charge in [0.15, 0.2) is 6.04 Å². The Morgan fingerprint density at radius 2 is 1.34 bits per heavy atom. The Balaban J connectivity index is 1.25. The van der Waals surface area contributed by atoms with Gasteiger partial charge in [0.1, 0.15) is 28.7 Å². The zero-order chi connectivity index (χ0) is 29.7. The van der Waals surface area contributed by atoms with Gasteiger partial charge in [-0.3, -0.25) is 4.79 Å². The molecule has 1 unspecified atom stereocenters. The molecular formula is C33H41F2N2O4+. The highest BCUT2D eigenvalue weighted by Crippen LogP contribution is 2.21. The fraction of sp³-hybridized carbons (Fsp3) is 0.394. The largest absolute Gasteiger partial charge is 0.494 e. The Labute approximate surface area is 241 Å². The van der Waals surface area contributed by atoms with Crippen LogP contribution in [0.15, 0.2) is 72.8 Å². The fourth-order valence-electron chi connectivity index (χ4n) is 4.46. The number of ether oxygens (including phenoxy) is 2. The zero-order valence-corrected chi connectivity index (χ0v) is 24.2. The summed E-state index contributed by atoms with van der Waals surface area (Å²) in [6, 6.07) is 19.5. The standard InChI is InChI=1S/C33H40F2N2O4/c1-37(2,3)30(24-25-14-9-8-10-15-25)32(38)36-22-11-6-4-5-7-12-23-40-26-18-20-27(21-19-26)41-33(39)31-28(34)16-13-17-29(31)35/h8-10,13-21,30H,4-7,11-12,22-24H2,1-3H3/p+1. The number of hydrogen-bond acceptors (Lipinski definition) is 4. The summed E-state index contributed by atoms with van der Waals surface area (Å²) in [7, 11) is 6.17. The molecule has 0 aliphatic carbocycles. The van der Waals surface area contributed by atoms with Crippen LogP contribution in [0.25, 0.3) is 0 Å². The second kappa shape index (κ2) is 15.9. The second-order valence-electron chi connectivity index (χ2n) is 11.0. The summed E-state index contributed by atoms with van der Waals surface area (Å²) in [6.07, 6.45) is 6.87. The zero-order valence-electron chi connectivity index (χ0n) is 24.2. The Bertz CT molecular complexity index is 1220. The number of esters is 1. The van der Waals surface area contributed by atoms with Crippen molar-refractivity contribution in [1.82, 2.24) is 5.32 Å². The highest BCUT2D eigenvalue weighted by Gasteiger charge is 2.31. The quantitative estimate of drug-likeness (QED) is 0.0950. The highest BCUT2D eigenvalue weighted by atomic mass is 19.1. The minimum absolute atomic E-state index is 0.101. The van der Waals surface area contributed by atoms with Crippen LogP contribution in [0.1, 0.15) is 54.4 Å². The number of hydrogen-bond donors (Lipinski definition) is 1. The Kier molecular flexibility index (Phi) is 12.3. The lowest BCUT2D eigenvalue weighted by atomic mass is 10.0. The van der Waals surface area contributed by atoms with Crippen molar-refractivity contribution in [2.24, 2.45) is 0 Å². The van der Waals surface area contributed by atoms with Gasteiger partial charge in [-0.25, -0.2) is 13.6 Å². The van der Waals surface area contributed by atoms with Gasteiger partial charge in [-0.2, -0.15) is 0 Å². The Morgan fingerprint density at radius 1 is 0.756 bits per heavy atom. The van der Waals surface area contributed by atoms with E-state index in [0.29, 0.717) is 29.8 Å². The molecular weight excluding hydrogens is 526 g/mol. The van der Waals surface area contributed by atoms with Crippen molar-refractivity contribution in [2.75, 3.05) is 34.3 Å². The summed E-state index contributed by atoms with van der Waals surface area (Å²) in [5.74, 6) is -2.13. The van der Waals surface area contributed by atoms with E-state index in [1.54, 1.807) is 12.1 Å². The van der Waals surface area contributed by atoms with Crippen LogP contribution in [0.5, 0.6) is 11.5 Å². The van der Waals surface area contributed by atoms with Gasteiger partial charge in [-0.1, -0.05) is 62.1 Å². The molecule has 6 nitrogen and oxygen atoms in total. The Morgan fingerprint density at radius 3 is 1.98 bits per heavy atom. The molecule has 0 saturated carbocycles. The highest BCUT2D eigenvalue weighted by molar-refractivity contribution is 5.91. The summed E-state index contributed by atoms with van der Waals surface area (Å²) in [6.45, 7) is 1.25. The molecule has 1 atom stereocenters. The number of benzene rings is 3. The molecule has 1 amide bonds. The van der Waals surface area contributed by atoms with Crippen molar-refractivity contribution in [3.63, 3.8) is 0 Å². The van der Waals surface area contributed by atoms with Crippen molar-refractivity contribution < 1.29 is 32.3 Å². The van der Waals surface area contributed by atoms with Gasteiger partial charge in [0.05, 0.1) is 27.7 Å². The lowest BCUT2D eigenvalue weighted by Crippen LogP contribution is -2.55. The van der Waals surface area contributed by atoms with Gasteiger partial charge in [-0.05, 0) is 54.8 Å². The monoisotopic (exact) mass is 567 g/mol. The first-order chi connectivity index (χ1) is 19.6. The van der Waals surface area contributed by atoms with Crippen molar-refractivity contribution in [3.05, 3.63) is 95.6 Å². The molecule has 41 heavy (non-hydrogen) atoms. The van der Waals surface area contributed by atoms with E-state index in [1.165, 1.54) is 23.8 Å². The van der Waals surface area contributed by atoms with Gasteiger partial charge in [0.25, 0.3) is 5.91 Å². The predicted molar refractivity (Wildman–Crippen MR) is 156 cm³/mol. The van der Waals surface area contributed by atoms with Gasteiger partial charge in [0, 0.05) is 13.0 Å². The molecule has 3 aromatic carbocycles. The minimum Gasteiger partial charge on any atom is -0.494 e. The van der Waals surface area contributed by atoms with Crippen LogP contribution in [-0.4, -0.2) is 56.7 Å². The SMILES string of the molecule is C[N+](C)(C)C(Cc1ccccc1)C(=O)NCCCCCCCCOc1ccc(OC(=O)c2c(F)cccc2F)cc1. The third-order valence-corrected chi connectivity index (χ3v) is 6.85. The number of nitrogens with zero attached hydrogens (tertiary/aromatic N) is 1. The molecule has 0 radical (unpaired) electrons. The number of likely N-dealkylation sites (N-methyl/N-ethyl adjacent to an activating group) is 1. The maximum atomic E-state index is 13.7. The number of rotatable bonds is 16. The molecule has 0 aromatic heterocycles. The van der Waals surface area contributed by atoms with Crippen molar-refractivity contribution in [3.8, 4) is 11.5 Å². The molecule has 220 valence electrons. The summed E-state index contributed by atoms with van der Waals surface area (Å²) in [5.41, 5.74) is 0.451. The molecule has 0 spiro atoms. The number of amides is 1. The molecule has 0 heterocycles. The summed E-state index contributed by atoms with van der Waals surface area (Å²) < 4.78 is 38.9. The van der Waals surface area contributed by atoms with Gasteiger partial charge in [-0.15, -0.1) is 0 Å². The third-order valence-electron chi connectivity index (χ3n) is 6.85. The van der Waals surface area contributed by atoms with E-state index in [0.717, 1.165) is 50.7 Å². The smallest absolute Gasteiger partial charge is 0.349 e. The van der Waals surface area contributed by atoms with Crippen molar-refractivity contribution in [1.29, 1.82) is 0 Å². The first kappa shape index (κ1) is 31.7. The molecule has 1 N–H and O–H groups in total. The number of quaternary nitrogens is 1. The minimum atomic E-state index is -1.09. The molecule has 3 rings (SSSR count). The van der Waals surface area contributed by atoms with E-state index in [9.17, 15) is 18.4 Å². The van der Waals surface area contributed by atoms with Crippen LogP contribution in [-0.2, 0) is 11.2 Å². The summed E-state index contributed by atoms with van der Waals surface area (Å²) in [5, 5.41) is 3.13. The predicted octanol–water partition coefficient (Wildman–Crippen LogP) is 6.34. The average Bonchev–Trinajstić information content (AvgIpc) is 2.93. The lowest BCUT2D eigenvalue weighted by molar-refractivity contribution is -0.886. The van der Waals surface area contributed by atoms with E-state index in [2.05, 4.69) is 38.6 Å². The van der Waals surface area contributed by atoms with Crippen LogP contribution >= 0.6 is 0 Å². The Hall–Kier alpha value is -3.78. The van der Waals surface area contributed by atoms with E-state index in [-0.39, 0.29) is 17.7 Å². The van der Waals surface area contributed by atoms with Crippen LogP contribution in [0.4, 0.5) is 8.78 Å². The summed E-state index contributed by atoms with van der Waals surface area (Å²) >= 11 is 0. The maximum Gasteiger partial charge on any atom is 0.349 e. The maximum absolute atomic E-state index is 13.7. The first-order valence-corrected chi connectivity index (χ1v) is 14.2. The third kappa shape index (κ3) is 10.6. The number of unbranched alkanes of at least 4 members (excludes halogenated alkanes) is 5. The van der Waals surface area contributed by atoms with Gasteiger partial charge < -0.3 is 19.3 Å². The molecule has 3 aromatic rings. The second-order valence-corrected chi connectivity index (χ2v) is 11.0. The van der Waals surface area contributed by atoms with E-state index in [1.807, 2.05) is 18.2 Å². The van der Waals surface area contributed by atoms with Crippen LogP contribution < -0.4 is 14.8 Å². The number of halogens is 2. The van der Waals surface area contributed by atoms with Gasteiger partial charge >= 0.3 is 5.97 Å².